The van der Waals surface area contributed by atoms with Crippen molar-refractivity contribution >= 4 is 22.9 Å². The van der Waals surface area contributed by atoms with Crippen LogP contribution in [0.4, 0.5) is 10.6 Å². The van der Waals surface area contributed by atoms with E-state index in [1.807, 2.05) is 48.5 Å². The summed E-state index contributed by atoms with van der Waals surface area (Å²) in [5, 5.41) is 0. The average molecular weight is 518 g/mol. The van der Waals surface area contributed by atoms with E-state index in [0.717, 1.165) is 35.5 Å². The van der Waals surface area contributed by atoms with Gasteiger partial charge in [-0.15, -0.1) is 0 Å². The van der Waals surface area contributed by atoms with Crippen molar-refractivity contribution in [1.82, 2.24) is 19.4 Å². The molecule has 2 aromatic heterocycles. The smallest absolute Gasteiger partial charge is 0.411 e. The highest BCUT2D eigenvalue weighted by molar-refractivity contribution is 5.86. The molecule has 1 aliphatic rings. The molecule has 2 aromatic carbocycles. The number of carbonyl (C=O) groups is 1. The largest absolute Gasteiger partial charge is 0.497 e. The molecule has 0 spiro atoms. The van der Waals surface area contributed by atoms with Crippen molar-refractivity contribution in [3.05, 3.63) is 82.4 Å². The standard InChI is InChI=1S/C28H31N5O5/c1-36-22-9-5-20(6-10-22)17-32(18-21-7-11-23(37-2)12-8-21)26-25-24(13-14-29-26)33(27(34)30-25)19-38-28(35)31-15-3-4-16-31/h5-14H,3-4,15-19H2,1-2H3,(H,30,34). The second kappa shape index (κ2) is 11.3. The number of ether oxygens (including phenoxy) is 3. The molecule has 1 aliphatic heterocycles. The molecule has 1 N–H and O–H groups in total. The maximum atomic E-state index is 12.9. The first-order valence-electron chi connectivity index (χ1n) is 12.6. The number of aromatic amines is 1. The number of aromatic nitrogens is 3. The van der Waals surface area contributed by atoms with Crippen molar-refractivity contribution in [3.63, 3.8) is 0 Å². The number of likely N-dealkylation sites (tertiary alicyclic amines) is 1. The fraction of sp³-hybridized carbons (Fsp3) is 0.321. The molecule has 1 amide bonds. The number of pyridine rings is 1. The second-order valence-corrected chi connectivity index (χ2v) is 9.17. The number of nitrogens with one attached hydrogen (secondary N) is 1. The average Bonchev–Trinajstić information content (AvgIpc) is 3.60. The van der Waals surface area contributed by atoms with Crippen molar-refractivity contribution < 1.29 is 19.0 Å². The summed E-state index contributed by atoms with van der Waals surface area (Å²) in [5.74, 6) is 2.18. The summed E-state index contributed by atoms with van der Waals surface area (Å²) in [6.07, 6.45) is 3.20. The molecule has 3 heterocycles. The number of rotatable bonds is 9. The molecule has 0 unspecified atom stereocenters. The monoisotopic (exact) mass is 517 g/mol. The van der Waals surface area contributed by atoms with Gasteiger partial charge >= 0.3 is 11.8 Å². The van der Waals surface area contributed by atoms with Crippen LogP contribution in [0, 0.1) is 0 Å². The van der Waals surface area contributed by atoms with Crippen LogP contribution in [-0.2, 0) is 24.6 Å². The third-order valence-electron chi connectivity index (χ3n) is 6.72. The Kier molecular flexibility index (Phi) is 7.48. The molecule has 0 aliphatic carbocycles. The van der Waals surface area contributed by atoms with Crippen molar-refractivity contribution in [1.29, 1.82) is 0 Å². The molecule has 1 fully saturated rings. The van der Waals surface area contributed by atoms with Gasteiger partial charge in [-0.25, -0.2) is 14.6 Å². The van der Waals surface area contributed by atoms with Gasteiger partial charge in [-0.2, -0.15) is 0 Å². The summed E-state index contributed by atoms with van der Waals surface area (Å²) in [7, 11) is 3.28. The maximum absolute atomic E-state index is 12.9. The van der Waals surface area contributed by atoms with Crippen molar-refractivity contribution in [2.75, 3.05) is 32.2 Å². The summed E-state index contributed by atoms with van der Waals surface area (Å²) in [6.45, 7) is 2.27. The fourth-order valence-corrected chi connectivity index (χ4v) is 4.66. The Balaban J connectivity index is 1.46. The van der Waals surface area contributed by atoms with Crippen LogP contribution in [0.15, 0.2) is 65.6 Å². The molecule has 0 radical (unpaired) electrons. The predicted molar refractivity (Wildman–Crippen MR) is 144 cm³/mol. The van der Waals surface area contributed by atoms with Crippen LogP contribution in [0.2, 0.25) is 0 Å². The van der Waals surface area contributed by atoms with Crippen LogP contribution in [0.25, 0.3) is 11.0 Å². The molecule has 1 saturated heterocycles. The molecule has 4 aromatic rings. The minimum atomic E-state index is -0.404. The molecule has 0 bridgehead atoms. The quantitative estimate of drug-likeness (QED) is 0.356. The highest BCUT2D eigenvalue weighted by Crippen LogP contribution is 2.26. The number of methoxy groups -OCH3 is 2. The highest BCUT2D eigenvalue weighted by Gasteiger charge is 2.21. The zero-order valence-electron chi connectivity index (χ0n) is 21.6. The maximum Gasteiger partial charge on any atom is 0.411 e. The number of nitrogens with zero attached hydrogens (tertiary/aromatic N) is 4. The number of imidazole rings is 1. The lowest BCUT2D eigenvalue weighted by molar-refractivity contribution is 0.0827. The van der Waals surface area contributed by atoms with E-state index in [1.54, 1.807) is 31.4 Å². The van der Waals surface area contributed by atoms with Crippen LogP contribution in [0.3, 0.4) is 0 Å². The number of anilines is 1. The van der Waals surface area contributed by atoms with Gasteiger partial charge in [0.2, 0.25) is 0 Å². The summed E-state index contributed by atoms with van der Waals surface area (Å²) in [5.41, 5.74) is 2.94. The van der Waals surface area contributed by atoms with Crippen molar-refractivity contribution in [2.24, 2.45) is 0 Å². The Morgan fingerprint density at radius 2 is 1.50 bits per heavy atom. The van der Waals surface area contributed by atoms with Crippen LogP contribution >= 0.6 is 0 Å². The van der Waals surface area contributed by atoms with Gasteiger partial charge in [0.05, 0.1) is 19.7 Å². The van der Waals surface area contributed by atoms with Crippen LogP contribution in [0.1, 0.15) is 24.0 Å². The third-order valence-corrected chi connectivity index (χ3v) is 6.72. The zero-order chi connectivity index (χ0) is 26.5. The first-order valence-corrected chi connectivity index (χ1v) is 12.6. The Bertz CT molecular complexity index is 1390. The summed E-state index contributed by atoms with van der Waals surface area (Å²) in [6, 6.07) is 17.4. The van der Waals surface area contributed by atoms with Gasteiger partial charge in [-0.05, 0) is 54.3 Å². The molecule has 38 heavy (non-hydrogen) atoms. The van der Waals surface area contributed by atoms with Gasteiger partial charge in [0, 0.05) is 32.4 Å². The molecule has 0 atom stereocenters. The first-order chi connectivity index (χ1) is 18.6. The molecular weight excluding hydrogens is 486 g/mol. The van der Waals surface area contributed by atoms with E-state index >= 15 is 0 Å². The number of hydrogen-bond acceptors (Lipinski definition) is 7. The highest BCUT2D eigenvalue weighted by atomic mass is 16.6. The minimum absolute atomic E-state index is 0.172. The van der Waals surface area contributed by atoms with E-state index < -0.39 is 6.09 Å². The Morgan fingerprint density at radius 1 is 0.921 bits per heavy atom. The summed E-state index contributed by atoms with van der Waals surface area (Å²) >= 11 is 0. The molecule has 10 nitrogen and oxygen atoms in total. The van der Waals surface area contributed by atoms with E-state index in [-0.39, 0.29) is 12.4 Å². The van der Waals surface area contributed by atoms with E-state index in [9.17, 15) is 9.59 Å². The zero-order valence-corrected chi connectivity index (χ0v) is 21.6. The SMILES string of the molecule is COc1ccc(CN(Cc2ccc(OC)cc2)c2nccc3c2[nH]c(=O)n3COC(=O)N2CCCC2)cc1. The fourth-order valence-electron chi connectivity index (χ4n) is 4.66. The number of H-pyrrole nitrogens is 1. The second-order valence-electron chi connectivity index (χ2n) is 9.17. The lowest BCUT2D eigenvalue weighted by Crippen LogP contribution is -2.30. The Hall–Kier alpha value is -4.47. The van der Waals surface area contributed by atoms with E-state index in [2.05, 4.69) is 14.9 Å². The van der Waals surface area contributed by atoms with Gasteiger partial charge in [-0.1, -0.05) is 24.3 Å². The van der Waals surface area contributed by atoms with Crippen LogP contribution < -0.4 is 20.1 Å². The van der Waals surface area contributed by atoms with Gasteiger partial charge in [-0.3, -0.25) is 4.57 Å². The lowest BCUT2D eigenvalue weighted by Gasteiger charge is -2.25. The van der Waals surface area contributed by atoms with Gasteiger partial charge < -0.3 is 29.0 Å². The van der Waals surface area contributed by atoms with E-state index in [4.69, 9.17) is 14.2 Å². The number of benzene rings is 2. The Morgan fingerprint density at radius 3 is 2.05 bits per heavy atom. The predicted octanol–water partition coefficient (Wildman–Crippen LogP) is 4.14. The first kappa shape index (κ1) is 25.2. The number of hydrogen-bond donors (Lipinski definition) is 1. The Labute approximate surface area is 220 Å². The summed E-state index contributed by atoms with van der Waals surface area (Å²) in [4.78, 5) is 36.7. The molecule has 0 saturated carbocycles. The third kappa shape index (κ3) is 5.44. The van der Waals surface area contributed by atoms with E-state index in [0.29, 0.717) is 43.0 Å². The van der Waals surface area contributed by atoms with E-state index in [1.165, 1.54) is 4.57 Å². The van der Waals surface area contributed by atoms with Gasteiger partial charge in [0.1, 0.15) is 17.0 Å². The van der Waals surface area contributed by atoms with Gasteiger partial charge in [0.15, 0.2) is 12.5 Å². The summed E-state index contributed by atoms with van der Waals surface area (Å²) < 4.78 is 17.5. The lowest BCUT2D eigenvalue weighted by atomic mass is 10.1. The molecule has 5 rings (SSSR count). The molecule has 10 heteroatoms. The number of carbonyl (C=O) groups excluding carboxylic acids is 1. The van der Waals surface area contributed by atoms with Gasteiger partial charge in [0.25, 0.3) is 0 Å². The molecular formula is C28H31N5O5. The normalized spacial score (nSPS) is 13.1. The number of fused-ring (bicyclic) bond motifs is 1. The number of amides is 1. The van der Waals surface area contributed by atoms with Crippen molar-refractivity contribution in [3.8, 4) is 11.5 Å². The molecule has 198 valence electrons. The van der Waals surface area contributed by atoms with Crippen molar-refractivity contribution in [2.45, 2.75) is 32.7 Å². The minimum Gasteiger partial charge on any atom is -0.497 e. The van der Waals surface area contributed by atoms with Crippen LogP contribution in [0.5, 0.6) is 11.5 Å². The van der Waals surface area contributed by atoms with Crippen LogP contribution in [-0.4, -0.2) is 52.8 Å². The topological polar surface area (TPSA) is 102 Å².